The number of carbonyl (C=O) groups is 1. The lowest BCUT2D eigenvalue weighted by molar-refractivity contribution is -0.120. The minimum absolute atomic E-state index is 0.132. The Hall–Kier alpha value is -1.42. The Morgan fingerprint density at radius 1 is 1.33 bits per heavy atom. The van der Waals surface area contributed by atoms with Crippen LogP contribution in [0.25, 0.3) is 0 Å². The van der Waals surface area contributed by atoms with Crippen molar-refractivity contribution in [3.05, 3.63) is 35.6 Å². The first-order valence-corrected chi connectivity index (χ1v) is 4.81. The van der Waals surface area contributed by atoms with E-state index in [2.05, 4.69) is 5.32 Å². The molecule has 0 saturated carbocycles. The van der Waals surface area contributed by atoms with Crippen molar-refractivity contribution >= 4 is 5.91 Å². The minimum Gasteiger partial charge on any atom is -0.368 e. The fraction of sp³-hybridized carbons (Fsp3) is 0.364. The molecule has 82 valence electrons. The Morgan fingerprint density at radius 3 is 2.27 bits per heavy atom. The van der Waals surface area contributed by atoms with E-state index in [0.717, 1.165) is 0 Å². The summed E-state index contributed by atoms with van der Waals surface area (Å²) in [4.78, 5) is 11.2. The third-order valence-electron chi connectivity index (χ3n) is 1.99. The van der Waals surface area contributed by atoms with Gasteiger partial charge in [-0.15, -0.1) is 0 Å². The predicted octanol–water partition coefficient (Wildman–Crippen LogP) is 1.35. The molecule has 3 nitrogen and oxygen atoms in total. The largest absolute Gasteiger partial charge is 0.368 e. The van der Waals surface area contributed by atoms with Crippen LogP contribution in [0.1, 0.15) is 25.5 Å². The van der Waals surface area contributed by atoms with Crippen LogP contribution in [0.5, 0.6) is 0 Å². The molecule has 0 aromatic heterocycles. The normalized spacial score (nSPS) is 12.8. The molecule has 4 heteroatoms. The zero-order valence-electron chi connectivity index (χ0n) is 8.83. The first-order valence-electron chi connectivity index (χ1n) is 4.81. The van der Waals surface area contributed by atoms with E-state index in [1.807, 2.05) is 13.8 Å². The highest BCUT2D eigenvalue weighted by Crippen LogP contribution is 2.13. The number of amides is 1. The smallest absolute Gasteiger partial charge is 0.239 e. The molecule has 0 spiro atoms. The summed E-state index contributed by atoms with van der Waals surface area (Å²) in [6, 6.07) is 5.30. The van der Waals surface area contributed by atoms with Crippen molar-refractivity contribution in [1.29, 1.82) is 0 Å². The summed E-state index contributed by atoms with van der Waals surface area (Å²) in [5.41, 5.74) is 5.94. The SMILES string of the molecule is CC(C)NC(C(N)=O)c1ccc(F)cc1. The van der Waals surface area contributed by atoms with Crippen LogP contribution in [-0.4, -0.2) is 11.9 Å². The zero-order valence-corrected chi connectivity index (χ0v) is 8.83. The Bertz CT molecular complexity index is 335. The van der Waals surface area contributed by atoms with Gasteiger partial charge in [0.2, 0.25) is 5.91 Å². The average molecular weight is 210 g/mol. The van der Waals surface area contributed by atoms with Gasteiger partial charge in [-0.25, -0.2) is 4.39 Å². The van der Waals surface area contributed by atoms with Gasteiger partial charge in [-0.3, -0.25) is 10.1 Å². The van der Waals surface area contributed by atoms with Gasteiger partial charge >= 0.3 is 0 Å². The van der Waals surface area contributed by atoms with E-state index in [-0.39, 0.29) is 11.9 Å². The van der Waals surface area contributed by atoms with E-state index in [1.165, 1.54) is 12.1 Å². The van der Waals surface area contributed by atoms with Gasteiger partial charge in [-0.05, 0) is 31.5 Å². The maximum Gasteiger partial charge on any atom is 0.239 e. The number of nitrogens with two attached hydrogens (primary N) is 1. The third-order valence-corrected chi connectivity index (χ3v) is 1.99. The van der Waals surface area contributed by atoms with Crippen LogP contribution < -0.4 is 11.1 Å². The molecule has 1 amide bonds. The van der Waals surface area contributed by atoms with Crippen molar-refractivity contribution < 1.29 is 9.18 Å². The summed E-state index contributed by atoms with van der Waals surface area (Å²) in [5.74, 6) is -0.790. The molecule has 1 rings (SSSR count). The molecule has 0 saturated heterocycles. The molecule has 1 atom stereocenters. The Morgan fingerprint density at radius 2 is 1.87 bits per heavy atom. The Kier molecular flexibility index (Phi) is 3.80. The lowest BCUT2D eigenvalue weighted by atomic mass is 10.1. The number of nitrogens with one attached hydrogen (secondary N) is 1. The molecule has 0 bridgehead atoms. The van der Waals surface area contributed by atoms with Gasteiger partial charge in [-0.1, -0.05) is 12.1 Å². The lowest BCUT2D eigenvalue weighted by Crippen LogP contribution is -2.37. The second-order valence-electron chi connectivity index (χ2n) is 3.71. The van der Waals surface area contributed by atoms with Crippen molar-refractivity contribution in [2.45, 2.75) is 25.9 Å². The maximum absolute atomic E-state index is 12.7. The number of carbonyl (C=O) groups excluding carboxylic acids is 1. The van der Waals surface area contributed by atoms with E-state index in [1.54, 1.807) is 12.1 Å². The number of rotatable bonds is 4. The highest BCUT2D eigenvalue weighted by atomic mass is 19.1. The first-order chi connectivity index (χ1) is 7.00. The summed E-state index contributed by atoms with van der Waals surface area (Å²) < 4.78 is 12.7. The number of primary amides is 1. The van der Waals surface area contributed by atoms with Crippen molar-refractivity contribution in [2.75, 3.05) is 0 Å². The molecular weight excluding hydrogens is 195 g/mol. The van der Waals surface area contributed by atoms with E-state index >= 15 is 0 Å². The molecule has 0 radical (unpaired) electrons. The highest BCUT2D eigenvalue weighted by Gasteiger charge is 2.17. The number of halogens is 1. The van der Waals surface area contributed by atoms with Crippen LogP contribution in [0, 0.1) is 5.82 Å². The van der Waals surface area contributed by atoms with Crippen LogP contribution >= 0.6 is 0 Å². The van der Waals surface area contributed by atoms with Crippen LogP contribution in [0.2, 0.25) is 0 Å². The molecule has 1 aromatic carbocycles. The molecule has 1 unspecified atom stereocenters. The van der Waals surface area contributed by atoms with Crippen LogP contribution in [-0.2, 0) is 4.79 Å². The number of benzene rings is 1. The van der Waals surface area contributed by atoms with Crippen molar-refractivity contribution in [3.63, 3.8) is 0 Å². The van der Waals surface area contributed by atoms with Crippen LogP contribution in [0.3, 0.4) is 0 Å². The van der Waals surface area contributed by atoms with E-state index in [0.29, 0.717) is 5.56 Å². The molecule has 0 heterocycles. The fourth-order valence-corrected chi connectivity index (χ4v) is 1.33. The number of hydrogen-bond donors (Lipinski definition) is 2. The molecule has 0 aliphatic carbocycles. The minimum atomic E-state index is -0.564. The van der Waals surface area contributed by atoms with Crippen LogP contribution in [0.15, 0.2) is 24.3 Å². The average Bonchev–Trinajstić information content (AvgIpc) is 2.15. The summed E-state index contributed by atoms with van der Waals surface area (Å²) >= 11 is 0. The van der Waals surface area contributed by atoms with E-state index < -0.39 is 11.9 Å². The van der Waals surface area contributed by atoms with Gasteiger partial charge in [0.05, 0.1) is 0 Å². The highest BCUT2D eigenvalue weighted by molar-refractivity contribution is 5.81. The molecule has 3 N–H and O–H groups in total. The van der Waals surface area contributed by atoms with Gasteiger partial charge in [-0.2, -0.15) is 0 Å². The molecule has 0 aliphatic heterocycles. The van der Waals surface area contributed by atoms with Gasteiger partial charge in [0.15, 0.2) is 0 Å². The molecule has 1 aromatic rings. The maximum atomic E-state index is 12.7. The second kappa shape index (κ2) is 4.89. The Balaban J connectivity index is 2.89. The quantitative estimate of drug-likeness (QED) is 0.788. The molecule has 15 heavy (non-hydrogen) atoms. The van der Waals surface area contributed by atoms with Crippen molar-refractivity contribution in [2.24, 2.45) is 5.73 Å². The topological polar surface area (TPSA) is 55.1 Å². The van der Waals surface area contributed by atoms with Gasteiger partial charge in [0.1, 0.15) is 11.9 Å². The lowest BCUT2D eigenvalue weighted by Gasteiger charge is -2.18. The summed E-state index contributed by atoms with van der Waals surface area (Å²) in [6.07, 6.45) is 0. The summed E-state index contributed by atoms with van der Waals surface area (Å²) in [5, 5.41) is 3.02. The fourth-order valence-electron chi connectivity index (χ4n) is 1.33. The summed E-state index contributed by atoms with van der Waals surface area (Å²) in [7, 11) is 0. The molecule has 0 aliphatic rings. The standard InChI is InChI=1S/C11H15FN2O/c1-7(2)14-10(11(13)15)8-3-5-9(12)6-4-8/h3-7,10,14H,1-2H3,(H2,13,15). The van der Waals surface area contributed by atoms with E-state index in [9.17, 15) is 9.18 Å². The molecular formula is C11H15FN2O. The molecule has 0 fully saturated rings. The zero-order chi connectivity index (χ0) is 11.4. The van der Waals surface area contributed by atoms with E-state index in [4.69, 9.17) is 5.73 Å². The van der Waals surface area contributed by atoms with Gasteiger partial charge in [0.25, 0.3) is 0 Å². The van der Waals surface area contributed by atoms with Crippen molar-refractivity contribution in [1.82, 2.24) is 5.32 Å². The van der Waals surface area contributed by atoms with Gasteiger partial charge < -0.3 is 5.73 Å². The van der Waals surface area contributed by atoms with Gasteiger partial charge in [0, 0.05) is 6.04 Å². The number of hydrogen-bond acceptors (Lipinski definition) is 2. The first kappa shape index (κ1) is 11.7. The van der Waals surface area contributed by atoms with Crippen molar-refractivity contribution in [3.8, 4) is 0 Å². The Labute approximate surface area is 88.5 Å². The third kappa shape index (κ3) is 3.32. The monoisotopic (exact) mass is 210 g/mol. The predicted molar refractivity (Wildman–Crippen MR) is 56.6 cm³/mol. The summed E-state index contributed by atoms with van der Waals surface area (Å²) in [6.45, 7) is 3.83. The second-order valence-corrected chi connectivity index (χ2v) is 3.71. The van der Waals surface area contributed by atoms with Crippen LogP contribution in [0.4, 0.5) is 4.39 Å².